The maximum Gasteiger partial charge on any atom is 0.0551 e. The van der Waals surface area contributed by atoms with Crippen molar-refractivity contribution < 1.29 is 0 Å². The molecule has 0 saturated heterocycles. The molecule has 0 amide bonds. The Kier molecular flexibility index (Phi) is 4.72. The van der Waals surface area contributed by atoms with E-state index >= 15 is 0 Å². The molecule has 0 radical (unpaired) electrons. The molecule has 0 fully saturated rings. The van der Waals surface area contributed by atoms with Gasteiger partial charge in [0.25, 0.3) is 0 Å². The summed E-state index contributed by atoms with van der Waals surface area (Å²) in [5.74, 6) is 5.62. The van der Waals surface area contributed by atoms with Crippen molar-refractivity contribution in [3.63, 3.8) is 0 Å². The van der Waals surface area contributed by atoms with Crippen LogP contribution in [-0.2, 0) is 6.42 Å². The summed E-state index contributed by atoms with van der Waals surface area (Å²) in [4.78, 5) is 4.00. The SMILES string of the molecule is NNC(Cc1ccncc1)c1ccc(Br)c(Cl)c1. The second-order valence-electron chi connectivity index (χ2n) is 3.95. The van der Waals surface area contributed by atoms with E-state index in [2.05, 4.69) is 26.3 Å². The Morgan fingerprint density at radius 2 is 2.00 bits per heavy atom. The van der Waals surface area contributed by atoms with Crippen LogP contribution in [0.5, 0.6) is 0 Å². The summed E-state index contributed by atoms with van der Waals surface area (Å²) >= 11 is 9.47. The van der Waals surface area contributed by atoms with Crippen molar-refractivity contribution in [1.82, 2.24) is 10.4 Å². The first-order valence-corrected chi connectivity index (χ1v) is 6.68. The molecule has 94 valence electrons. The Balaban J connectivity index is 2.20. The van der Waals surface area contributed by atoms with Crippen molar-refractivity contribution in [2.75, 3.05) is 0 Å². The third kappa shape index (κ3) is 3.29. The van der Waals surface area contributed by atoms with Gasteiger partial charge >= 0.3 is 0 Å². The zero-order valence-electron chi connectivity index (χ0n) is 9.61. The molecule has 1 aromatic heterocycles. The van der Waals surface area contributed by atoms with Crippen LogP contribution in [0, 0.1) is 0 Å². The first kappa shape index (κ1) is 13.5. The third-order valence-electron chi connectivity index (χ3n) is 2.74. The first-order chi connectivity index (χ1) is 8.70. The van der Waals surface area contributed by atoms with Gasteiger partial charge in [-0.05, 0) is 57.7 Å². The Hall–Kier alpha value is -0.940. The molecule has 2 aromatic rings. The number of rotatable bonds is 4. The molecule has 0 aliphatic carbocycles. The average Bonchev–Trinajstić information content (AvgIpc) is 2.40. The molecule has 0 spiro atoms. The Morgan fingerprint density at radius 1 is 1.28 bits per heavy atom. The number of nitrogens with two attached hydrogens (primary N) is 1. The van der Waals surface area contributed by atoms with E-state index in [0.29, 0.717) is 5.02 Å². The fourth-order valence-corrected chi connectivity index (χ4v) is 2.19. The molecular weight excluding hydrogens is 314 g/mol. The number of nitrogens with one attached hydrogen (secondary N) is 1. The van der Waals surface area contributed by atoms with Gasteiger partial charge in [0.1, 0.15) is 0 Å². The Bertz CT molecular complexity index is 519. The number of benzene rings is 1. The van der Waals surface area contributed by atoms with E-state index in [4.69, 9.17) is 17.4 Å². The number of pyridine rings is 1. The lowest BCUT2D eigenvalue weighted by Crippen LogP contribution is -2.29. The van der Waals surface area contributed by atoms with E-state index in [0.717, 1.165) is 16.5 Å². The fraction of sp³-hybridized carbons (Fsp3) is 0.154. The summed E-state index contributed by atoms with van der Waals surface area (Å²) in [5, 5.41) is 0.683. The molecule has 0 aliphatic rings. The summed E-state index contributed by atoms with van der Waals surface area (Å²) in [7, 11) is 0. The van der Waals surface area contributed by atoms with E-state index in [-0.39, 0.29) is 6.04 Å². The van der Waals surface area contributed by atoms with E-state index in [9.17, 15) is 0 Å². The molecule has 1 heterocycles. The van der Waals surface area contributed by atoms with Gasteiger partial charge in [-0.15, -0.1) is 0 Å². The van der Waals surface area contributed by atoms with Gasteiger partial charge < -0.3 is 0 Å². The quantitative estimate of drug-likeness (QED) is 0.670. The molecular formula is C13H13BrClN3. The van der Waals surface area contributed by atoms with Gasteiger partial charge in [0.05, 0.1) is 11.1 Å². The molecule has 1 aromatic carbocycles. The van der Waals surface area contributed by atoms with E-state index < -0.39 is 0 Å². The van der Waals surface area contributed by atoms with Crippen LogP contribution in [0.3, 0.4) is 0 Å². The minimum Gasteiger partial charge on any atom is -0.271 e. The number of aromatic nitrogens is 1. The van der Waals surface area contributed by atoms with Crippen LogP contribution >= 0.6 is 27.5 Å². The monoisotopic (exact) mass is 325 g/mol. The largest absolute Gasteiger partial charge is 0.271 e. The zero-order valence-corrected chi connectivity index (χ0v) is 11.9. The van der Waals surface area contributed by atoms with Crippen LogP contribution in [0.15, 0.2) is 47.2 Å². The van der Waals surface area contributed by atoms with Gasteiger partial charge in [-0.2, -0.15) is 0 Å². The molecule has 0 aliphatic heterocycles. The van der Waals surface area contributed by atoms with Crippen LogP contribution < -0.4 is 11.3 Å². The minimum absolute atomic E-state index is 0.0259. The van der Waals surface area contributed by atoms with Gasteiger partial charge in [-0.3, -0.25) is 16.3 Å². The van der Waals surface area contributed by atoms with Crippen LogP contribution in [0.4, 0.5) is 0 Å². The van der Waals surface area contributed by atoms with Crippen LogP contribution in [0.1, 0.15) is 17.2 Å². The van der Waals surface area contributed by atoms with E-state index in [1.54, 1.807) is 12.4 Å². The van der Waals surface area contributed by atoms with Gasteiger partial charge in [0, 0.05) is 16.9 Å². The Labute approximate surface area is 119 Å². The number of halogens is 2. The highest BCUT2D eigenvalue weighted by molar-refractivity contribution is 9.10. The molecule has 1 atom stereocenters. The first-order valence-electron chi connectivity index (χ1n) is 5.50. The van der Waals surface area contributed by atoms with Gasteiger partial charge in [-0.25, -0.2) is 0 Å². The van der Waals surface area contributed by atoms with E-state index in [1.165, 1.54) is 5.56 Å². The minimum atomic E-state index is 0.0259. The standard InChI is InChI=1S/C13H13BrClN3/c14-11-2-1-10(8-12(11)15)13(18-16)7-9-3-5-17-6-4-9/h1-6,8,13,18H,7,16H2. The molecule has 3 nitrogen and oxygen atoms in total. The lowest BCUT2D eigenvalue weighted by Gasteiger charge is -2.17. The van der Waals surface area contributed by atoms with Crippen LogP contribution in [-0.4, -0.2) is 4.98 Å². The second kappa shape index (κ2) is 6.29. The topological polar surface area (TPSA) is 50.9 Å². The van der Waals surface area contributed by atoms with Crippen molar-refractivity contribution in [2.45, 2.75) is 12.5 Å². The molecule has 0 saturated carbocycles. The number of nitrogens with zero attached hydrogens (tertiary/aromatic N) is 1. The summed E-state index contributed by atoms with van der Waals surface area (Å²) in [6.07, 6.45) is 4.34. The molecule has 18 heavy (non-hydrogen) atoms. The van der Waals surface area contributed by atoms with Crippen molar-refractivity contribution in [3.05, 3.63) is 63.3 Å². The molecule has 2 rings (SSSR count). The Morgan fingerprint density at radius 3 is 2.61 bits per heavy atom. The highest BCUT2D eigenvalue weighted by Gasteiger charge is 2.11. The zero-order chi connectivity index (χ0) is 13.0. The molecule has 0 bridgehead atoms. The summed E-state index contributed by atoms with van der Waals surface area (Å²) in [6, 6.07) is 9.82. The van der Waals surface area contributed by atoms with Gasteiger partial charge in [-0.1, -0.05) is 17.7 Å². The number of hydrazine groups is 1. The van der Waals surface area contributed by atoms with Crippen molar-refractivity contribution in [1.29, 1.82) is 0 Å². The molecule has 1 unspecified atom stereocenters. The van der Waals surface area contributed by atoms with E-state index in [1.807, 2.05) is 30.3 Å². The predicted octanol–water partition coefficient (Wildman–Crippen LogP) is 3.24. The molecule has 5 heteroatoms. The van der Waals surface area contributed by atoms with Crippen molar-refractivity contribution in [3.8, 4) is 0 Å². The normalized spacial score (nSPS) is 12.4. The second-order valence-corrected chi connectivity index (χ2v) is 5.21. The molecule has 3 N–H and O–H groups in total. The lowest BCUT2D eigenvalue weighted by molar-refractivity contribution is 0.551. The van der Waals surface area contributed by atoms with Gasteiger partial charge in [0.2, 0.25) is 0 Å². The highest BCUT2D eigenvalue weighted by Crippen LogP contribution is 2.27. The average molecular weight is 327 g/mol. The predicted molar refractivity (Wildman–Crippen MR) is 77.2 cm³/mol. The lowest BCUT2D eigenvalue weighted by atomic mass is 10.0. The number of hydrogen-bond donors (Lipinski definition) is 2. The number of hydrogen-bond acceptors (Lipinski definition) is 3. The maximum atomic E-state index is 6.09. The smallest absolute Gasteiger partial charge is 0.0551 e. The summed E-state index contributed by atoms with van der Waals surface area (Å²) in [5.41, 5.74) is 5.05. The van der Waals surface area contributed by atoms with Crippen molar-refractivity contribution >= 4 is 27.5 Å². The van der Waals surface area contributed by atoms with Crippen molar-refractivity contribution in [2.24, 2.45) is 5.84 Å². The summed E-state index contributed by atoms with van der Waals surface area (Å²) < 4.78 is 0.882. The summed E-state index contributed by atoms with van der Waals surface area (Å²) in [6.45, 7) is 0. The van der Waals surface area contributed by atoms with Crippen LogP contribution in [0.25, 0.3) is 0 Å². The fourth-order valence-electron chi connectivity index (χ4n) is 1.76. The highest BCUT2D eigenvalue weighted by atomic mass is 79.9. The van der Waals surface area contributed by atoms with Crippen LogP contribution in [0.2, 0.25) is 5.02 Å². The maximum absolute atomic E-state index is 6.09. The third-order valence-corrected chi connectivity index (χ3v) is 3.97. The van der Waals surface area contributed by atoms with Gasteiger partial charge in [0.15, 0.2) is 0 Å².